The molecule has 0 bridgehead atoms. The lowest BCUT2D eigenvalue weighted by molar-refractivity contribution is 0.305. The highest BCUT2D eigenvalue weighted by Gasteiger charge is 2.14. The molecule has 1 saturated carbocycles. The van der Waals surface area contributed by atoms with Crippen LogP contribution in [0.1, 0.15) is 52.0 Å². The van der Waals surface area contributed by atoms with Crippen LogP contribution in [0.4, 0.5) is 0 Å². The topological polar surface area (TPSA) is 21.3 Å². The van der Waals surface area contributed by atoms with Gasteiger partial charge in [-0.1, -0.05) is 45.7 Å². The summed E-state index contributed by atoms with van der Waals surface area (Å²) in [7, 11) is 0. The zero-order valence-electron chi connectivity index (χ0n) is 12.5. The molecule has 0 atom stereocenters. The molecule has 0 aromatic heterocycles. The molecule has 106 valence electrons. The second kappa shape index (κ2) is 6.42. The van der Waals surface area contributed by atoms with Crippen molar-refractivity contribution in [2.75, 3.05) is 13.2 Å². The van der Waals surface area contributed by atoms with E-state index >= 15 is 0 Å². The largest absolute Gasteiger partial charge is 0.492 e. The third kappa shape index (κ3) is 4.54. The van der Waals surface area contributed by atoms with Crippen LogP contribution in [0.3, 0.4) is 0 Å². The van der Waals surface area contributed by atoms with E-state index in [9.17, 15) is 0 Å². The fourth-order valence-corrected chi connectivity index (χ4v) is 2.61. The highest BCUT2D eigenvalue weighted by Crippen LogP contribution is 2.24. The van der Waals surface area contributed by atoms with E-state index in [0.717, 1.165) is 24.9 Å². The average molecular weight is 261 g/mol. The summed E-state index contributed by atoms with van der Waals surface area (Å²) in [5.74, 6) is 0.973. The summed E-state index contributed by atoms with van der Waals surface area (Å²) in [6, 6.07) is 9.22. The maximum Gasteiger partial charge on any atom is 0.119 e. The molecule has 1 aromatic rings. The molecule has 0 radical (unpaired) electrons. The molecule has 0 saturated heterocycles. The molecule has 0 heterocycles. The minimum absolute atomic E-state index is 0.211. The summed E-state index contributed by atoms with van der Waals surface area (Å²) in [4.78, 5) is 0. The molecule has 0 unspecified atom stereocenters. The van der Waals surface area contributed by atoms with Crippen LogP contribution in [0.5, 0.6) is 5.75 Å². The SMILES string of the molecule is CC(C)(C)c1ccc(OCCNC2CCCC2)cc1. The second-order valence-corrected chi connectivity index (χ2v) is 6.56. The van der Waals surface area contributed by atoms with E-state index in [2.05, 4.69) is 50.4 Å². The highest BCUT2D eigenvalue weighted by molar-refractivity contribution is 5.31. The number of ether oxygens (including phenoxy) is 1. The first kappa shape index (κ1) is 14.4. The van der Waals surface area contributed by atoms with E-state index in [-0.39, 0.29) is 5.41 Å². The predicted octanol–water partition coefficient (Wildman–Crippen LogP) is 3.90. The Hall–Kier alpha value is -1.02. The van der Waals surface area contributed by atoms with Crippen molar-refractivity contribution in [3.63, 3.8) is 0 Å². The summed E-state index contributed by atoms with van der Waals surface area (Å²) in [6.07, 6.45) is 5.43. The van der Waals surface area contributed by atoms with Gasteiger partial charge in [-0.15, -0.1) is 0 Å². The minimum atomic E-state index is 0.211. The van der Waals surface area contributed by atoms with Crippen molar-refractivity contribution in [1.29, 1.82) is 0 Å². The van der Waals surface area contributed by atoms with Crippen molar-refractivity contribution in [3.05, 3.63) is 29.8 Å². The smallest absolute Gasteiger partial charge is 0.119 e. The molecular formula is C17H27NO. The van der Waals surface area contributed by atoms with E-state index in [1.165, 1.54) is 31.2 Å². The predicted molar refractivity (Wildman–Crippen MR) is 80.9 cm³/mol. The Morgan fingerprint density at radius 2 is 1.74 bits per heavy atom. The van der Waals surface area contributed by atoms with Gasteiger partial charge in [0, 0.05) is 12.6 Å². The van der Waals surface area contributed by atoms with Crippen LogP contribution in [0, 0.1) is 0 Å². The lowest BCUT2D eigenvalue weighted by Crippen LogP contribution is -2.30. The molecule has 1 aromatic carbocycles. The highest BCUT2D eigenvalue weighted by atomic mass is 16.5. The van der Waals surface area contributed by atoms with Gasteiger partial charge >= 0.3 is 0 Å². The number of benzene rings is 1. The molecule has 0 spiro atoms. The molecule has 1 N–H and O–H groups in total. The van der Waals surface area contributed by atoms with E-state index in [0.29, 0.717) is 0 Å². The summed E-state index contributed by atoms with van der Waals surface area (Å²) < 4.78 is 5.77. The first-order chi connectivity index (χ1) is 9.05. The van der Waals surface area contributed by atoms with Crippen molar-refractivity contribution in [2.24, 2.45) is 0 Å². The van der Waals surface area contributed by atoms with Crippen molar-refractivity contribution < 1.29 is 4.74 Å². The summed E-state index contributed by atoms with van der Waals surface area (Å²) in [5.41, 5.74) is 1.56. The zero-order chi connectivity index (χ0) is 13.7. The third-order valence-electron chi connectivity index (χ3n) is 3.88. The Morgan fingerprint density at radius 3 is 2.32 bits per heavy atom. The fraction of sp³-hybridized carbons (Fsp3) is 0.647. The molecule has 0 aliphatic heterocycles. The van der Waals surface area contributed by atoms with Crippen molar-refractivity contribution in [3.8, 4) is 5.75 Å². The van der Waals surface area contributed by atoms with Crippen molar-refractivity contribution in [1.82, 2.24) is 5.32 Å². The Bertz CT molecular complexity index is 371. The maximum absolute atomic E-state index is 5.77. The average Bonchev–Trinajstić information content (AvgIpc) is 2.87. The van der Waals surface area contributed by atoms with E-state index in [4.69, 9.17) is 4.74 Å². The van der Waals surface area contributed by atoms with Gasteiger partial charge in [-0.2, -0.15) is 0 Å². The lowest BCUT2D eigenvalue weighted by atomic mass is 9.87. The van der Waals surface area contributed by atoms with Gasteiger partial charge in [0.05, 0.1) is 0 Å². The van der Waals surface area contributed by atoms with Gasteiger partial charge in [0.1, 0.15) is 12.4 Å². The fourth-order valence-electron chi connectivity index (χ4n) is 2.61. The first-order valence-corrected chi connectivity index (χ1v) is 7.52. The molecule has 2 heteroatoms. The Morgan fingerprint density at radius 1 is 1.11 bits per heavy atom. The molecule has 0 amide bonds. The minimum Gasteiger partial charge on any atom is -0.492 e. The van der Waals surface area contributed by atoms with E-state index in [1.54, 1.807) is 0 Å². The Labute approximate surface area is 117 Å². The monoisotopic (exact) mass is 261 g/mol. The van der Waals surface area contributed by atoms with Gasteiger partial charge in [-0.25, -0.2) is 0 Å². The molecule has 1 aliphatic rings. The third-order valence-corrected chi connectivity index (χ3v) is 3.88. The van der Waals surface area contributed by atoms with Crippen LogP contribution in [-0.2, 0) is 5.41 Å². The van der Waals surface area contributed by atoms with E-state index < -0.39 is 0 Å². The number of hydrogen-bond donors (Lipinski definition) is 1. The van der Waals surface area contributed by atoms with E-state index in [1.807, 2.05) is 0 Å². The van der Waals surface area contributed by atoms with Gasteiger partial charge in [-0.3, -0.25) is 0 Å². The van der Waals surface area contributed by atoms with Crippen LogP contribution >= 0.6 is 0 Å². The van der Waals surface area contributed by atoms with Crippen LogP contribution < -0.4 is 10.1 Å². The standard InChI is InChI=1S/C17H27NO/c1-17(2,3)14-8-10-16(11-9-14)19-13-12-18-15-6-4-5-7-15/h8-11,15,18H,4-7,12-13H2,1-3H3. The maximum atomic E-state index is 5.77. The number of rotatable bonds is 5. The van der Waals surface area contributed by atoms with Crippen LogP contribution in [0.15, 0.2) is 24.3 Å². The summed E-state index contributed by atoms with van der Waals surface area (Å²) >= 11 is 0. The van der Waals surface area contributed by atoms with Crippen molar-refractivity contribution >= 4 is 0 Å². The van der Waals surface area contributed by atoms with Gasteiger partial charge in [0.15, 0.2) is 0 Å². The lowest BCUT2D eigenvalue weighted by Gasteiger charge is -2.19. The zero-order valence-corrected chi connectivity index (χ0v) is 12.5. The molecule has 2 nitrogen and oxygen atoms in total. The Balaban J connectivity index is 1.71. The first-order valence-electron chi connectivity index (χ1n) is 7.52. The normalized spacial score (nSPS) is 16.8. The van der Waals surface area contributed by atoms with Crippen LogP contribution in [0.25, 0.3) is 0 Å². The Kier molecular flexibility index (Phi) is 4.87. The van der Waals surface area contributed by atoms with Crippen molar-refractivity contribution in [2.45, 2.75) is 57.9 Å². The van der Waals surface area contributed by atoms with Gasteiger partial charge in [0.25, 0.3) is 0 Å². The van der Waals surface area contributed by atoms with Gasteiger partial charge in [0.2, 0.25) is 0 Å². The van der Waals surface area contributed by atoms with Crippen LogP contribution in [0.2, 0.25) is 0 Å². The quantitative estimate of drug-likeness (QED) is 0.812. The number of nitrogens with one attached hydrogen (secondary N) is 1. The molecule has 2 rings (SSSR count). The van der Waals surface area contributed by atoms with Gasteiger partial charge < -0.3 is 10.1 Å². The molecule has 19 heavy (non-hydrogen) atoms. The van der Waals surface area contributed by atoms with Gasteiger partial charge in [-0.05, 0) is 36.0 Å². The molecular weight excluding hydrogens is 234 g/mol. The summed E-state index contributed by atoms with van der Waals surface area (Å²) in [5, 5.41) is 3.56. The molecule has 1 aliphatic carbocycles. The molecule has 1 fully saturated rings. The van der Waals surface area contributed by atoms with Crippen LogP contribution in [-0.4, -0.2) is 19.2 Å². The second-order valence-electron chi connectivity index (χ2n) is 6.56. The number of hydrogen-bond acceptors (Lipinski definition) is 2. The summed E-state index contributed by atoms with van der Waals surface area (Å²) in [6.45, 7) is 8.40.